The standard InChI is InChI=1S/C13H28BNO2/c1-6-9-14(5)10-7-8-11-15-12(16)17-13(2,3)4/h6-11H2,1-5H3,(H,15,16). The zero-order chi connectivity index (χ0) is 13.3. The minimum absolute atomic E-state index is 0.306. The summed E-state index contributed by atoms with van der Waals surface area (Å²) in [6.45, 7) is 11.7. The number of alkyl carbamates (subject to hydrolysis) is 1. The molecule has 0 saturated heterocycles. The molecule has 0 aliphatic rings. The molecule has 0 aromatic carbocycles. The molecule has 1 amide bonds. The Hall–Kier alpha value is -0.665. The molecule has 0 spiro atoms. The van der Waals surface area contributed by atoms with E-state index in [1.807, 2.05) is 20.8 Å². The Morgan fingerprint density at radius 3 is 2.41 bits per heavy atom. The lowest BCUT2D eigenvalue weighted by molar-refractivity contribution is 0.0527. The van der Waals surface area contributed by atoms with E-state index in [2.05, 4.69) is 19.1 Å². The summed E-state index contributed by atoms with van der Waals surface area (Å²) in [6, 6.07) is 0. The van der Waals surface area contributed by atoms with Crippen molar-refractivity contribution < 1.29 is 9.53 Å². The van der Waals surface area contributed by atoms with Crippen LogP contribution in [0.25, 0.3) is 0 Å². The van der Waals surface area contributed by atoms with E-state index in [4.69, 9.17) is 4.74 Å². The van der Waals surface area contributed by atoms with Crippen LogP contribution in [0.1, 0.15) is 47.0 Å². The molecule has 0 heterocycles. The van der Waals surface area contributed by atoms with Gasteiger partial charge in [0.25, 0.3) is 0 Å². The Kier molecular flexibility index (Phi) is 8.10. The lowest BCUT2D eigenvalue weighted by Gasteiger charge is -2.19. The summed E-state index contributed by atoms with van der Waals surface area (Å²) < 4.78 is 5.15. The number of hydrogen-bond acceptors (Lipinski definition) is 2. The first-order valence-electron chi connectivity index (χ1n) is 6.82. The molecule has 0 aliphatic carbocycles. The smallest absolute Gasteiger partial charge is 0.407 e. The SMILES string of the molecule is CCCB(C)CCCCNC(=O)OC(C)(C)C. The molecule has 0 aromatic heterocycles. The molecule has 17 heavy (non-hydrogen) atoms. The molecule has 0 aromatic rings. The Morgan fingerprint density at radius 2 is 1.88 bits per heavy atom. The Labute approximate surface area is 107 Å². The predicted octanol–water partition coefficient (Wildman–Crippen LogP) is 3.83. The van der Waals surface area contributed by atoms with Crippen molar-refractivity contribution in [3.63, 3.8) is 0 Å². The van der Waals surface area contributed by atoms with Crippen molar-refractivity contribution in [2.45, 2.75) is 72.0 Å². The molecule has 0 saturated carbocycles. The summed E-state index contributed by atoms with van der Waals surface area (Å²) in [6.07, 6.45) is 5.73. The van der Waals surface area contributed by atoms with Crippen LogP contribution in [0.2, 0.25) is 19.5 Å². The molecule has 0 rings (SSSR count). The van der Waals surface area contributed by atoms with Crippen LogP contribution in [0.4, 0.5) is 4.79 Å². The van der Waals surface area contributed by atoms with Crippen molar-refractivity contribution in [1.82, 2.24) is 5.32 Å². The Bertz CT molecular complexity index is 214. The number of hydrogen-bond donors (Lipinski definition) is 1. The first-order valence-corrected chi connectivity index (χ1v) is 6.82. The van der Waals surface area contributed by atoms with E-state index in [1.54, 1.807) is 0 Å². The number of amides is 1. The van der Waals surface area contributed by atoms with Gasteiger partial charge in [-0.25, -0.2) is 4.79 Å². The topological polar surface area (TPSA) is 38.3 Å². The highest BCUT2D eigenvalue weighted by atomic mass is 16.6. The van der Waals surface area contributed by atoms with Crippen LogP contribution in [0.3, 0.4) is 0 Å². The third-order valence-corrected chi connectivity index (χ3v) is 2.57. The molecule has 4 heteroatoms. The van der Waals surface area contributed by atoms with Gasteiger partial charge >= 0.3 is 6.09 Å². The normalized spacial score (nSPS) is 11.1. The maximum atomic E-state index is 11.3. The van der Waals surface area contributed by atoms with E-state index < -0.39 is 5.60 Å². The number of carbonyl (C=O) groups is 1. The molecule has 0 fully saturated rings. The second kappa shape index (κ2) is 8.43. The minimum atomic E-state index is -0.403. The lowest BCUT2D eigenvalue weighted by atomic mass is 9.46. The van der Waals surface area contributed by atoms with Crippen LogP contribution < -0.4 is 5.32 Å². The van der Waals surface area contributed by atoms with E-state index in [-0.39, 0.29) is 6.09 Å². The second-order valence-corrected chi connectivity index (χ2v) is 5.82. The van der Waals surface area contributed by atoms with E-state index >= 15 is 0 Å². The van der Waals surface area contributed by atoms with Crippen LogP contribution in [0.15, 0.2) is 0 Å². The summed E-state index contributed by atoms with van der Waals surface area (Å²) in [7, 11) is 0. The Morgan fingerprint density at radius 1 is 1.24 bits per heavy atom. The quantitative estimate of drug-likeness (QED) is 0.543. The van der Waals surface area contributed by atoms with Crippen LogP contribution in [-0.2, 0) is 4.74 Å². The highest BCUT2D eigenvalue weighted by molar-refractivity contribution is 6.57. The van der Waals surface area contributed by atoms with Crippen LogP contribution in [0.5, 0.6) is 0 Å². The van der Waals surface area contributed by atoms with Gasteiger partial charge in [-0.2, -0.15) is 0 Å². The molecular weight excluding hydrogens is 213 g/mol. The monoisotopic (exact) mass is 241 g/mol. The third-order valence-electron chi connectivity index (χ3n) is 2.57. The van der Waals surface area contributed by atoms with Gasteiger partial charge in [0, 0.05) is 6.54 Å². The minimum Gasteiger partial charge on any atom is -0.444 e. The molecule has 0 radical (unpaired) electrons. The third kappa shape index (κ3) is 11.6. The molecule has 0 unspecified atom stereocenters. The van der Waals surface area contributed by atoms with E-state index in [1.165, 1.54) is 25.5 Å². The van der Waals surface area contributed by atoms with Crippen molar-refractivity contribution in [2.75, 3.05) is 6.54 Å². The highest BCUT2D eigenvalue weighted by Gasteiger charge is 2.15. The van der Waals surface area contributed by atoms with Gasteiger partial charge < -0.3 is 10.1 Å². The first kappa shape index (κ1) is 16.3. The maximum absolute atomic E-state index is 11.3. The fraction of sp³-hybridized carbons (Fsp3) is 0.923. The molecule has 0 atom stereocenters. The number of nitrogens with one attached hydrogen (secondary N) is 1. The van der Waals surface area contributed by atoms with Crippen molar-refractivity contribution in [3.05, 3.63) is 0 Å². The summed E-state index contributed by atoms with van der Waals surface area (Å²) in [5.41, 5.74) is -0.403. The van der Waals surface area contributed by atoms with E-state index in [0.29, 0.717) is 6.54 Å². The Balaban J connectivity index is 3.43. The molecule has 0 aliphatic heterocycles. The van der Waals surface area contributed by atoms with Gasteiger partial charge in [0.2, 0.25) is 0 Å². The largest absolute Gasteiger partial charge is 0.444 e. The highest BCUT2D eigenvalue weighted by Crippen LogP contribution is 2.08. The fourth-order valence-electron chi connectivity index (χ4n) is 1.76. The summed E-state index contributed by atoms with van der Waals surface area (Å²) in [4.78, 5) is 11.3. The number of ether oxygens (including phenoxy) is 1. The molecule has 3 nitrogen and oxygen atoms in total. The van der Waals surface area contributed by atoms with Gasteiger partial charge in [0.1, 0.15) is 12.3 Å². The molecular formula is C13H28BNO2. The molecule has 100 valence electrons. The van der Waals surface area contributed by atoms with Gasteiger partial charge in [0.15, 0.2) is 0 Å². The second-order valence-electron chi connectivity index (χ2n) is 5.82. The van der Waals surface area contributed by atoms with E-state index in [9.17, 15) is 4.79 Å². The van der Waals surface area contributed by atoms with Crippen LogP contribution in [0, 0.1) is 0 Å². The average Bonchev–Trinajstić information content (AvgIpc) is 2.14. The molecule has 0 bridgehead atoms. The van der Waals surface area contributed by atoms with Crippen LogP contribution >= 0.6 is 0 Å². The van der Waals surface area contributed by atoms with Crippen molar-refractivity contribution in [1.29, 1.82) is 0 Å². The average molecular weight is 241 g/mol. The summed E-state index contributed by atoms with van der Waals surface area (Å²) >= 11 is 0. The van der Waals surface area contributed by atoms with Crippen molar-refractivity contribution in [2.24, 2.45) is 0 Å². The van der Waals surface area contributed by atoms with E-state index in [0.717, 1.165) is 13.1 Å². The first-order chi connectivity index (χ1) is 7.85. The zero-order valence-corrected chi connectivity index (χ0v) is 12.1. The van der Waals surface area contributed by atoms with Gasteiger partial charge in [0.05, 0.1) is 0 Å². The van der Waals surface area contributed by atoms with Gasteiger partial charge in [-0.1, -0.05) is 39.2 Å². The number of unbranched alkanes of at least 4 members (excludes halogenated alkanes) is 1. The van der Waals surface area contributed by atoms with Gasteiger partial charge in [-0.3, -0.25) is 0 Å². The summed E-state index contributed by atoms with van der Waals surface area (Å²) in [5, 5.41) is 2.78. The van der Waals surface area contributed by atoms with Gasteiger partial charge in [-0.15, -0.1) is 0 Å². The van der Waals surface area contributed by atoms with Gasteiger partial charge in [-0.05, 0) is 27.2 Å². The predicted molar refractivity (Wildman–Crippen MR) is 75.0 cm³/mol. The maximum Gasteiger partial charge on any atom is 0.407 e. The van der Waals surface area contributed by atoms with Crippen molar-refractivity contribution >= 4 is 12.8 Å². The number of carbonyl (C=O) groups excluding carboxylic acids is 1. The fourth-order valence-corrected chi connectivity index (χ4v) is 1.76. The number of rotatable bonds is 7. The van der Waals surface area contributed by atoms with Crippen molar-refractivity contribution in [3.8, 4) is 0 Å². The lowest BCUT2D eigenvalue weighted by Crippen LogP contribution is -2.33. The zero-order valence-electron chi connectivity index (χ0n) is 12.1. The van der Waals surface area contributed by atoms with Crippen LogP contribution in [-0.4, -0.2) is 25.0 Å². The summed E-state index contributed by atoms with van der Waals surface area (Å²) in [5.74, 6) is 0. The molecule has 1 N–H and O–H groups in total.